The molecule has 0 bridgehead atoms. The van der Waals surface area contributed by atoms with Gasteiger partial charge in [0.15, 0.2) is 6.73 Å². The molecule has 0 radical (unpaired) electrons. The molecule has 0 saturated heterocycles. The van der Waals surface area contributed by atoms with Crippen molar-refractivity contribution < 1.29 is 27.5 Å². The van der Waals surface area contributed by atoms with E-state index in [9.17, 15) is 22.8 Å². The number of benzene rings is 2. The maximum atomic E-state index is 12.8. The van der Waals surface area contributed by atoms with Crippen molar-refractivity contribution in [2.24, 2.45) is 0 Å². The second-order valence-corrected chi connectivity index (χ2v) is 9.90. The first kappa shape index (κ1) is 24.3. The Morgan fingerprint density at radius 1 is 1.18 bits per heavy atom. The number of fused-ring (bicyclic) bond motifs is 1. The summed E-state index contributed by atoms with van der Waals surface area (Å²) in [5, 5.41) is 0.687. The minimum absolute atomic E-state index is 0.0785. The number of hydrogen-bond donors (Lipinski definition) is 0. The molecule has 2 aromatic carbocycles. The largest absolute Gasteiger partial charge is 0.444 e. The van der Waals surface area contributed by atoms with Crippen LogP contribution in [0.25, 0.3) is 10.6 Å². The van der Waals surface area contributed by atoms with E-state index in [-0.39, 0.29) is 12.6 Å². The molecule has 0 N–H and O–H groups in total. The van der Waals surface area contributed by atoms with Crippen molar-refractivity contribution >= 4 is 40.7 Å². The summed E-state index contributed by atoms with van der Waals surface area (Å²) in [6, 6.07) is 10.9. The van der Waals surface area contributed by atoms with Gasteiger partial charge < -0.3 is 4.74 Å². The summed E-state index contributed by atoms with van der Waals surface area (Å²) in [6.45, 7) is 3.10. The highest BCUT2D eigenvalue weighted by Gasteiger charge is 2.30. The molecular formula is C24H21F3N2O3S2. The third kappa shape index (κ3) is 5.44. The van der Waals surface area contributed by atoms with Crippen molar-refractivity contribution in [3.8, 4) is 10.6 Å². The Morgan fingerprint density at radius 2 is 1.91 bits per heavy atom. The molecule has 2 heterocycles. The minimum Gasteiger partial charge on any atom is -0.444 e. The van der Waals surface area contributed by atoms with Gasteiger partial charge in [0, 0.05) is 34.4 Å². The predicted molar refractivity (Wildman–Crippen MR) is 126 cm³/mol. The zero-order valence-corrected chi connectivity index (χ0v) is 20.1. The lowest BCUT2D eigenvalue weighted by Crippen LogP contribution is -2.37. The topological polar surface area (TPSA) is 59.5 Å². The first-order chi connectivity index (χ1) is 16.1. The summed E-state index contributed by atoms with van der Waals surface area (Å²) in [4.78, 5) is 31.5. The van der Waals surface area contributed by atoms with E-state index in [0.29, 0.717) is 29.2 Å². The number of esters is 1. The summed E-state index contributed by atoms with van der Waals surface area (Å²) in [7, 11) is 0. The van der Waals surface area contributed by atoms with Gasteiger partial charge in [-0.3, -0.25) is 14.5 Å². The fourth-order valence-corrected chi connectivity index (χ4v) is 5.73. The zero-order valence-electron chi connectivity index (χ0n) is 18.4. The molecule has 0 atom stereocenters. The maximum absolute atomic E-state index is 12.8. The maximum Gasteiger partial charge on any atom is 0.416 e. The number of ether oxygens (including phenoxy) is 1. The quantitative estimate of drug-likeness (QED) is 0.293. The number of halogens is 3. The van der Waals surface area contributed by atoms with Crippen LogP contribution >= 0.6 is 23.1 Å². The Labute approximate surface area is 203 Å². The van der Waals surface area contributed by atoms with Crippen LogP contribution in [0.15, 0.2) is 47.4 Å². The Morgan fingerprint density at radius 3 is 2.59 bits per heavy atom. The first-order valence-corrected chi connectivity index (χ1v) is 12.3. The van der Waals surface area contributed by atoms with Crippen LogP contribution in [0.4, 0.5) is 18.9 Å². The van der Waals surface area contributed by atoms with Gasteiger partial charge in [-0.15, -0.1) is 23.1 Å². The van der Waals surface area contributed by atoms with Gasteiger partial charge >= 0.3 is 12.1 Å². The minimum atomic E-state index is -4.36. The second kappa shape index (κ2) is 9.79. The molecule has 10 heteroatoms. The second-order valence-electron chi connectivity index (χ2n) is 7.77. The summed E-state index contributed by atoms with van der Waals surface area (Å²) < 4.78 is 43.5. The number of rotatable bonds is 6. The SMILES string of the molecule is CC(=O)OCN1C(=O)CCc2cc(SCc3sc(-c4ccc(C(F)(F)F)cc4)nc3C)ccc21. The van der Waals surface area contributed by atoms with Crippen molar-refractivity contribution in [3.05, 3.63) is 64.2 Å². The molecule has 0 fully saturated rings. The number of aryl methyl sites for hydroxylation is 2. The van der Waals surface area contributed by atoms with Crippen LogP contribution in [0, 0.1) is 6.92 Å². The van der Waals surface area contributed by atoms with Gasteiger partial charge in [-0.1, -0.05) is 12.1 Å². The number of anilines is 1. The van der Waals surface area contributed by atoms with Gasteiger partial charge in [0.1, 0.15) is 5.01 Å². The summed E-state index contributed by atoms with van der Waals surface area (Å²) in [5.74, 6) is 0.145. The zero-order chi connectivity index (χ0) is 24.5. The van der Waals surface area contributed by atoms with Crippen molar-refractivity contribution in [1.29, 1.82) is 0 Å². The molecule has 4 rings (SSSR count). The number of hydrogen-bond acceptors (Lipinski definition) is 6. The standard InChI is InChI=1S/C24H21F3N2O3S2/c1-14-21(34-23(28-14)16-3-6-18(7-4-16)24(25,26)27)12-33-19-8-9-20-17(11-19)5-10-22(31)29(20)13-32-15(2)30/h3-4,6-9,11H,5,10,12-13H2,1-2H3. The van der Waals surface area contributed by atoms with Gasteiger partial charge in [-0.05, 0) is 49.2 Å². The highest BCUT2D eigenvalue weighted by molar-refractivity contribution is 7.98. The van der Waals surface area contributed by atoms with Crippen molar-refractivity contribution in [3.63, 3.8) is 0 Å². The molecule has 3 aromatic rings. The third-order valence-corrected chi connectivity index (χ3v) is 7.78. The van der Waals surface area contributed by atoms with E-state index >= 15 is 0 Å². The molecule has 1 aromatic heterocycles. The molecule has 34 heavy (non-hydrogen) atoms. The van der Waals surface area contributed by atoms with E-state index in [4.69, 9.17) is 4.74 Å². The lowest BCUT2D eigenvalue weighted by atomic mass is 10.0. The molecule has 1 amide bonds. The Balaban J connectivity index is 1.46. The smallest absolute Gasteiger partial charge is 0.416 e. The van der Waals surface area contributed by atoms with Crippen LogP contribution in [0.2, 0.25) is 0 Å². The Bertz CT molecular complexity index is 1220. The highest BCUT2D eigenvalue weighted by Crippen LogP contribution is 2.37. The fraction of sp³-hybridized carbons (Fsp3) is 0.292. The fourth-order valence-electron chi connectivity index (χ4n) is 3.56. The molecular weight excluding hydrogens is 485 g/mol. The molecule has 1 aliphatic heterocycles. The summed E-state index contributed by atoms with van der Waals surface area (Å²) in [5.41, 5.74) is 2.59. The first-order valence-electron chi connectivity index (χ1n) is 10.4. The van der Waals surface area contributed by atoms with Gasteiger partial charge in [0.2, 0.25) is 5.91 Å². The van der Waals surface area contributed by atoms with Crippen LogP contribution in [0.3, 0.4) is 0 Å². The summed E-state index contributed by atoms with van der Waals surface area (Å²) in [6.07, 6.45) is -3.39. The van der Waals surface area contributed by atoms with E-state index in [2.05, 4.69) is 4.98 Å². The molecule has 1 aliphatic rings. The van der Waals surface area contributed by atoms with E-state index in [1.807, 2.05) is 25.1 Å². The molecule has 0 spiro atoms. The lowest BCUT2D eigenvalue weighted by molar-refractivity contribution is -0.141. The number of carbonyl (C=O) groups is 2. The monoisotopic (exact) mass is 506 g/mol. The molecule has 5 nitrogen and oxygen atoms in total. The van der Waals surface area contributed by atoms with Crippen molar-refractivity contribution in [2.45, 2.75) is 43.5 Å². The van der Waals surface area contributed by atoms with Gasteiger partial charge in [-0.2, -0.15) is 13.2 Å². The average molecular weight is 507 g/mol. The number of thiazole rings is 1. The predicted octanol–water partition coefficient (Wildman–Crippen LogP) is 6.23. The normalized spacial score (nSPS) is 13.7. The molecule has 178 valence electrons. The van der Waals surface area contributed by atoms with E-state index in [1.54, 1.807) is 11.8 Å². The van der Waals surface area contributed by atoms with Crippen LogP contribution < -0.4 is 4.90 Å². The lowest BCUT2D eigenvalue weighted by Gasteiger charge is -2.29. The number of thioether (sulfide) groups is 1. The Hall–Kier alpha value is -2.85. The van der Waals surface area contributed by atoms with Gasteiger partial charge in [0.05, 0.1) is 16.9 Å². The molecule has 0 saturated carbocycles. The highest BCUT2D eigenvalue weighted by atomic mass is 32.2. The van der Waals surface area contributed by atoms with E-state index < -0.39 is 17.7 Å². The van der Waals surface area contributed by atoms with Gasteiger partial charge in [-0.25, -0.2) is 4.98 Å². The van der Waals surface area contributed by atoms with Crippen molar-refractivity contribution in [2.75, 3.05) is 11.6 Å². The average Bonchev–Trinajstić information content (AvgIpc) is 3.17. The summed E-state index contributed by atoms with van der Waals surface area (Å²) >= 11 is 3.10. The van der Waals surface area contributed by atoms with Crippen LogP contribution in [0.5, 0.6) is 0 Å². The van der Waals surface area contributed by atoms with Crippen LogP contribution in [0.1, 0.15) is 35.0 Å². The molecule has 0 unspecified atom stereocenters. The number of aromatic nitrogens is 1. The van der Waals surface area contributed by atoms with Crippen molar-refractivity contribution in [1.82, 2.24) is 4.98 Å². The van der Waals surface area contributed by atoms with E-state index in [1.165, 1.54) is 35.3 Å². The third-order valence-electron chi connectivity index (χ3n) is 5.37. The number of carbonyl (C=O) groups excluding carboxylic acids is 2. The number of nitrogens with zero attached hydrogens (tertiary/aromatic N) is 2. The number of alkyl halides is 3. The molecule has 0 aliphatic carbocycles. The van der Waals surface area contributed by atoms with Gasteiger partial charge in [0.25, 0.3) is 0 Å². The van der Waals surface area contributed by atoms with E-state index in [0.717, 1.165) is 38.9 Å². The number of amides is 1. The Kier molecular flexibility index (Phi) is 6.99. The van der Waals surface area contributed by atoms with Crippen LogP contribution in [-0.2, 0) is 32.7 Å². The van der Waals surface area contributed by atoms with Crippen LogP contribution in [-0.4, -0.2) is 23.6 Å².